The molecule has 1 heterocycles. The van der Waals surface area contributed by atoms with Crippen molar-refractivity contribution in [1.29, 1.82) is 0 Å². The highest BCUT2D eigenvalue weighted by Crippen LogP contribution is 2.07. The topological polar surface area (TPSA) is 74.0 Å². The maximum atomic E-state index is 12.2. The molecule has 0 unspecified atom stereocenters. The minimum absolute atomic E-state index is 0.187. The molecule has 5 nitrogen and oxygen atoms in total. The predicted molar refractivity (Wildman–Crippen MR) is 85.6 cm³/mol. The molecule has 2 rings (SSSR count). The average molecular weight is 299 g/mol. The SMILES string of the molecule is CNC(=O)[C@H](CCc1ccccc1)NC(=O)c1cc(C)c[nH]1. The molecule has 1 aromatic heterocycles. The standard InChI is InChI=1S/C17H21N3O2/c1-12-10-15(19-11-12)17(22)20-14(16(21)18-2)9-8-13-6-4-3-5-7-13/h3-7,10-11,14,19H,8-9H2,1-2H3,(H,18,21)(H,20,22)/t14-/m0/s1. The summed E-state index contributed by atoms with van der Waals surface area (Å²) in [5.41, 5.74) is 2.58. The molecule has 2 amide bonds. The Balaban J connectivity index is 2.00. The van der Waals surface area contributed by atoms with Gasteiger partial charge >= 0.3 is 0 Å². The van der Waals surface area contributed by atoms with Crippen LogP contribution in [0.5, 0.6) is 0 Å². The minimum atomic E-state index is -0.554. The molecule has 2 aromatic rings. The third-order valence-corrected chi connectivity index (χ3v) is 3.50. The monoisotopic (exact) mass is 299 g/mol. The van der Waals surface area contributed by atoms with Crippen LogP contribution >= 0.6 is 0 Å². The number of carbonyl (C=O) groups is 2. The maximum absolute atomic E-state index is 12.2. The first kappa shape index (κ1) is 15.8. The Morgan fingerprint density at radius 3 is 2.55 bits per heavy atom. The number of H-pyrrole nitrogens is 1. The highest BCUT2D eigenvalue weighted by Gasteiger charge is 2.20. The van der Waals surface area contributed by atoms with Crippen molar-refractivity contribution in [2.24, 2.45) is 0 Å². The second kappa shape index (κ2) is 7.45. The zero-order valence-electron chi connectivity index (χ0n) is 12.8. The lowest BCUT2D eigenvalue weighted by atomic mass is 10.0. The molecule has 0 aliphatic heterocycles. The molecule has 0 radical (unpaired) electrons. The van der Waals surface area contributed by atoms with Crippen LogP contribution in [0.1, 0.15) is 28.0 Å². The van der Waals surface area contributed by atoms with Crippen molar-refractivity contribution in [2.45, 2.75) is 25.8 Å². The van der Waals surface area contributed by atoms with E-state index in [1.54, 1.807) is 19.3 Å². The molecule has 0 bridgehead atoms. The first-order chi connectivity index (χ1) is 10.6. The predicted octanol–water partition coefficient (Wildman–Crippen LogP) is 1.80. The van der Waals surface area contributed by atoms with Crippen LogP contribution < -0.4 is 10.6 Å². The van der Waals surface area contributed by atoms with Gasteiger partial charge in [0.2, 0.25) is 5.91 Å². The van der Waals surface area contributed by atoms with Crippen LogP contribution in [0.4, 0.5) is 0 Å². The Hall–Kier alpha value is -2.56. The molecule has 0 fully saturated rings. The van der Waals surface area contributed by atoms with Crippen LogP contribution in [0.25, 0.3) is 0 Å². The van der Waals surface area contributed by atoms with Gasteiger partial charge in [0.05, 0.1) is 0 Å². The van der Waals surface area contributed by atoms with Gasteiger partial charge in [0.1, 0.15) is 11.7 Å². The number of aromatic amines is 1. The Labute approximate surface area is 130 Å². The average Bonchev–Trinajstić information content (AvgIpc) is 2.98. The lowest BCUT2D eigenvalue weighted by molar-refractivity contribution is -0.122. The number of hydrogen-bond donors (Lipinski definition) is 3. The summed E-state index contributed by atoms with van der Waals surface area (Å²) < 4.78 is 0. The summed E-state index contributed by atoms with van der Waals surface area (Å²) in [5, 5.41) is 5.38. The fraction of sp³-hybridized carbons (Fsp3) is 0.294. The van der Waals surface area contributed by atoms with Gasteiger partial charge in [0.25, 0.3) is 5.91 Å². The fourth-order valence-electron chi connectivity index (χ4n) is 2.27. The summed E-state index contributed by atoms with van der Waals surface area (Å²) >= 11 is 0. The van der Waals surface area contributed by atoms with Crippen LogP contribution in [0.15, 0.2) is 42.6 Å². The zero-order chi connectivity index (χ0) is 15.9. The van der Waals surface area contributed by atoms with Gasteiger partial charge in [-0.15, -0.1) is 0 Å². The Bertz CT molecular complexity index is 634. The number of rotatable bonds is 6. The number of likely N-dealkylation sites (N-methyl/N-ethyl adjacent to an activating group) is 1. The van der Waals surface area contributed by atoms with Crippen LogP contribution in [0, 0.1) is 6.92 Å². The number of amides is 2. The maximum Gasteiger partial charge on any atom is 0.268 e. The summed E-state index contributed by atoms with van der Waals surface area (Å²) in [7, 11) is 1.57. The first-order valence-electron chi connectivity index (χ1n) is 7.31. The van der Waals surface area contributed by atoms with Crippen molar-refractivity contribution in [1.82, 2.24) is 15.6 Å². The molecule has 5 heteroatoms. The van der Waals surface area contributed by atoms with Crippen molar-refractivity contribution >= 4 is 11.8 Å². The van der Waals surface area contributed by atoms with Gasteiger partial charge in [-0.1, -0.05) is 30.3 Å². The second-order valence-electron chi connectivity index (χ2n) is 5.26. The van der Waals surface area contributed by atoms with Crippen molar-refractivity contribution in [2.75, 3.05) is 7.05 Å². The molecule has 1 aromatic carbocycles. The third-order valence-electron chi connectivity index (χ3n) is 3.50. The van der Waals surface area contributed by atoms with E-state index in [1.165, 1.54) is 0 Å². The normalized spacial score (nSPS) is 11.7. The van der Waals surface area contributed by atoms with Crippen molar-refractivity contribution in [3.63, 3.8) is 0 Å². The number of aryl methyl sites for hydroxylation is 2. The molecule has 0 spiro atoms. The van der Waals surface area contributed by atoms with E-state index in [9.17, 15) is 9.59 Å². The van der Waals surface area contributed by atoms with E-state index in [2.05, 4.69) is 15.6 Å². The molecule has 1 atom stereocenters. The van der Waals surface area contributed by atoms with Crippen molar-refractivity contribution in [3.05, 3.63) is 59.4 Å². The second-order valence-corrected chi connectivity index (χ2v) is 5.26. The molecular formula is C17H21N3O2. The third kappa shape index (κ3) is 4.22. The molecular weight excluding hydrogens is 278 g/mol. The summed E-state index contributed by atoms with van der Waals surface area (Å²) in [6.07, 6.45) is 3.03. The van der Waals surface area contributed by atoms with E-state index < -0.39 is 6.04 Å². The van der Waals surface area contributed by atoms with Crippen LogP contribution in [0.2, 0.25) is 0 Å². The highest BCUT2D eigenvalue weighted by atomic mass is 16.2. The molecule has 3 N–H and O–H groups in total. The van der Waals surface area contributed by atoms with Crippen LogP contribution in [-0.2, 0) is 11.2 Å². The number of nitrogens with one attached hydrogen (secondary N) is 3. The Morgan fingerprint density at radius 1 is 1.23 bits per heavy atom. The van der Waals surface area contributed by atoms with Crippen LogP contribution in [0.3, 0.4) is 0 Å². The molecule has 0 saturated carbocycles. The summed E-state index contributed by atoms with van der Waals surface area (Å²) in [5.74, 6) is -0.456. The van der Waals surface area contributed by atoms with Crippen molar-refractivity contribution < 1.29 is 9.59 Å². The van der Waals surface area contributed by atoms with Gasteiger partial charge in [-0.25, -0.2) is 0 Å². The summed E-state index contributed by atoms with van der Waals surface area (Å²) in [6, 6.07) is 11.1. The minimum Gasteiger partial charge on any atom is -0.357 e. The number of hydrogen-bond acceptors (Lipinski definition) is 2. The largest absolute Gasteiger partial charge is 0.357 e. The quantitative estimate of drug-likeness (QED) is 0.761. The molecule has 22 heavy (non-hydrogen) atoms. The Kier molecular flexibility index (Phi) is 5.36. The summed E-state index contributed by atoms with van der Waals surface area (Å²) in [4.78, 5) is 27.0. The van der Waals surface area contributed by atoms with Gasteiger partial charge in [0, 0.05) is 13.2 Å². The van der Waals surface area contributed by atoms with Crippen LogP contribution in [-0.4, -0.2) is 29.9 Å². The van der Waals surface area contributed by atoms with Crippen molar-refractivity contribution in [3.8, 4) is 0 Å². The highest BCUT2D eigenvalue weighted by molar-refractivity contribution is 5.96. The molecule has 0 aliphatic rings. The van der Waals surface area contributed by atoms with E-state index in [0.29, 0.717) is 12.1 Å². The van der Waals surface area contributed by atoms with E-state index in [4.69, 9.17) is 0 Å². The first-order valence-corrected chi connectivity index (χ1v) is 7.31. The number of carbonyl (C=O) groups excluding carboxylic acids is 2. The van der Waals surface area contributed by atoms with Gasteiger partial charge < -0.3 is 15.6 Å². The lowest BCUT2D eigenvalue weighted by Gasteiger charge is -2.17. The molecule has 0 saturated heterocycles. The Morgan fingerprint density at radius 2 is 1.95 bits per heavy atom. The van der Waals surface area contributed by atoms with E-state index >= 15 is 0 Å². The summed E-state index contributed by atoms with van der Waals surface area (Å²) in [6.45, 7) is 1.90. The smallest absolute Gasteiger partial charge is 0.268 e. The number of benzene rings is 1. The fourth-order valence-corrected chi connectivity index (χ4v) is 2.27. The zero-order valence-corrected chi connectivity index (χ0v) is 12.8. The molecule has 0 aliphatic carbocycles. The van der Waals surface area contributed by atoms with Gasteiger partial charge in [-0.3, -0.25) is 9.59 Å². The van der Waals surface area contributed by atoms with E-state index in [1.807, 2.05) is 37.3 Å². The van der Waals surface area contributed by atoms with Gasteiger partial charge in [-0.2, -0.15) is 0 Å². The van der Waals surface area contributed by atoms with E-state index in [-0.39, 0.29) is 11.8 Å². The van der Waals surface area contributed by atoms with Gasteiger partial charge in [0.15, 0.2) is 0 Å². The van der Waals surface area contributed by atoms with Gasteiger partial charge in [-0.05, 0) is 37.0 Å². The molecule has 116 valence electrons. The number of aromatic nitrogens is 1. The lowest BCUT2D eigenvalue weighted by Crippen LogP contribution is -2.46. The van der Waals surface area contributed by atoms with E-state index in [0.717, 1.165) is 17.5 Å².